The molecule has 0 saturated heterocycles. The Hall–Kier alpha value is -1.14. The minimum Gasteiger partial charge on any atom is -0.469 e. The van der Waals surface area contributed by atoms with E-state index < -0.39 is 0 Å². The lowest BCUT2D eigenvalue weighted by atomic mass is 10.0. The molecule has 3 atom stereocenters. The smallest absolute Gasteiger partial charge is 0.309 e. The molecular formula is C12H24N2O4. The molecule has 0 fully saturated rings. The molecule has 0 heterocycles. The van der Waals surface area contributed by atoms with Gasteiger partial charge in [0.25, 0.3) is 0 Å². The number of hydrogen-bond acceptors (Lipinski definition) is 5. The fraction of sp³-hybridized carbons (Fsp3) is 0.833. The van der Waals surface area contributed by atoms with Gasteiger partial charge in [-0.3, -0.25) is 9.59 Å². The van der Waals surface area contributed by atoms with Crippen LogP contribution in [0.4, 0.5) is 0 Å². The number of rotatable bonds is 8. The van der Waals surface area contributed by atoms with Crippen LogP contribution in [0.2, 0.25) is 0 Å². The van der Waals surface area contributed by atoms with Gasteiger partial charge in [0.1, 0.15) is 0 Å². The summed E-state index contributed by atoms with van der Waals surface area (Å²) >= 11 is 0. The Balaban J connectivity index is 4.09. The largest absolute Gasteiger partial charge is 0.469 e. The summed E-state index contributed by atoms with van der Waals surface area (Å²) in [5, 5.41) is 5.80. The number of nitrogens with one attached hydrogen (secondary N) is 2. The first-order valence-corrected chi connectivity index (χ1v) is 6.04. The van der Waals surface area contributed by atoms with Crippen LogP contribution in [0.25, 0.3) is 0 Å². The Morgan fingerprint density at radius 2 is 1.78 bits per heavy atom. The van der Waals surface area contributed by atoms with E-state index in [4.69, 9.17) is 4.74 Å². The number of methoxy groups -OCH3 is 2. The van der Waals surface area contributed by atoms with Crippen LogP contribution in [0.15, 0.2) is 0 Å². The zero-order chi connectivity index (χ0) is 14.1. The van der Waals surface area contributed by atoms with Gasteiger partial charge in [-0.1, -0.05) is 6.92 Å². The second kappa shape index (κ2) is 8.88. The maximum atomic E-state index is 11.7. The van der Waals surface area contributed by atoms with Crippen molar-refractivity contribution in [2.24, 2.45) is 5.92 Å². The summed E-state index contributed by atoms with van der Waals surface area (Å²) in [6, 6.07) is -0.510. The van der Waals surface area contributed by atoms with Crippen LogP contribution in [-0.4, -0.2) is 51.3 Å². The Morgan fingerprint density at radius 3 is 2.28 bits per heavy atom. The quantitative estimate of drug-likeness (QED) is 0.472. The number of ether oxygens (including phenoxy) is 2. The van der Waals surface area contributed by atoms with E-state index in [1.54, 1.807) is 21.0 Å². The van der Waals surface area contributed by atoms with E-state index in [2.05, 4.69) is 15.4 Å². The molecule has 0 aromatic rings. The number of esters is 1. The van der Waals surface area contributed by atoms with E-state index in [-0.39, 0.29) is 29.9 Å². The fourth-order valence-corrected chi connectivity index (χ4v) is 1.43. The molecule has 0 aliphatic heterocycles. The molecule has 0 aromatic heterocycles. The van der Waals surface area contributed by atoms with E-state index in [9.17, 15) is 9.59 Å². The Morgan fingerprint density at radius 1 is 1.17 bits per heavy atom. The third kappa shape index (κ3) is 5.97. The molecule has 0 spiro atoms. The summed E-state index contributed by atoms with van der Waals surface area (Å²) in [5.41, 5.74) is 0. The van der Waals surface area contributed by atoms with Crippen molar-refractivity contribution in [2.45, 2.75) is 32.9 Å². The van der Waals surface area contributed by atoms with Crippen LogP contribution in [0.1, 0.15) is 20.8 Å². The minimum atomic E-state index is -0.371. The number of carbonyl (C=O) groups excluding carboxylic acids is 2. The molecule has 0 saturated carbocycles. The first-order valence-electron chi connectivity index (χ1n) is 6.04. The van der Waals surface area contributed by atoms with Gasteiger partial charge in [0, 0.05) is 19.7 Å². The van der Waals surface area contributed by atoms with Crippen molar-refractivity contribution < 1.29 is 19.1 Å². The lowest BCUT2D eigenvalue weighted by Gasteiger charge is -2.23. The third-order valence-corrected chi connectivity index (χ3v) is 2.83. The second-order valence-electron chi connectivity index (χ2n) is 4.27. The molecule has 106 valence electrons. The van der Waals surface area contributed by atoms with Gasteiger partial charge in [0.15, 0.2) is 0 Å². The lowest BCUT2D eigenvalue weighted by Crippen LogP contribution is -2.49. The number of carbonyl (C=O) groups is 2. The topological polar surface area (TPSA) is 76.7 Å². The highest BCUT2D eigenvalue weighted by Crippen LogP contribution is 2.05. The maximum absolute atomic E-state index is 11.7. The molecular weight excluding hydrogens is 236 g/mol. The molecule has 6 heteroatoms. The average Bonchev–Trinajstić information content (AvgIpc) is 2.36. The number of hydrogen-bond donors (Lipinski definition) is 2. The zero-order valence-corrected chi connectivity index (χ0v) is 11.8. The van der Waals surface area contributed by atoms with Crippen LogP contribution in [-0.2, 0) is 19.1 Å². The van der Waals surface area contributed by atoms with Gasteiger partial charge >= 0.3 is 5.97 Å². The van der Waals surface area contributed by atoms with Gasteiger partial charge in [-0.25, -0.2) is 0 Å². The normalized spacial score (nSPS) is 15.6. The van der Waals surface area contributed by atoms with Crippen LogP contribution in [0.5, 0.6) is 0 Å². The van der Waals surface area contributed by atoms with Gasteiger partial charge in [-0.05, 0) is 13.8 Å². The Labute approximate surface area is 108 Å². The minimum absolute atomic E-state index is 0.115. The lowest BCUT2D eigenvalue weighted by molar-refractivity contribution is -0.146. The first kappa shape index (κ1) is 16.9. The van der Waals surface area contributed by atoms with Gasteiger partial charge in [0.2, 0.25) is 5.91 Å². The highest BCUT2D eigenvalue weighted by molar-refractivity contribution is 5.81. The molecule has 0 rings (SSSR count). The molecule has 0 aliphatic rings. The Bertz CT molecular complexity index is 271. The highest BCUT2D eigenvalue weighted by atomic mass is 16.5. The molecule has 18 heavy (non-hydrogen) atoms. The van der Waals surface area contributed by atoms with Crippen molar-refractivity contribution in [3.63, 3.8) is 0 Å². The summed E-state index contributed by atoms with van der Waals surface area (Å²) in [6.45, 7) is 6.32. The first-order chi connectivity index (χ1) is 8.43. The second-order valence-corrected chi connectivity index (χ2v) is 4.27. The van der Waals surface area contributed by atoms with Crippen molar-refractivity contribution in [1.82, 2.24) is 10.6 Å². The molecule has 3 unspecified atom stereocenters. The average molecular weight is 260 g/mol. The summed E-state index contributed by atoms with van der Waals surface area (Å²) in [7, 11) is 2.93. The van der Waals surface area contributed by atoms with Crippen molar-refractivity contribution in [2.75, 3.05) is 27.4 Å². The molecule has 1 amide bonds. The predicted molar refractivity (Wildman–Crippen MR) is 68.1 cm³/mol. The molecule has 2 N–H and O–H groups in total. The summed E-state index contributed by atoms with van der Waals surface area (Å²) in [6.07, 6.45) is 0. The van der Waals surface area contributed by atoms with Crippen LogP contribution in [0, 0.1) is 5.92 Å². The van der Waals surface area contributed by atoms with E-state index in [0.29, 0.717) is 13.2 Å². The van der Waals surface area contributed by atoms with Gasteiger partial charge in [-0.2, -0.15) is 0 Å². The Kier molecular flexibility index (Phi) is 8.32. The van der Waals surface area contributed by atoms with Crippen molar-refractivity contribution in [3.8, 4) is 0 Å². The molecule has 6 nitrogen and oxygen atoms in total. The van der Waals surface area contributed by atoms with E-state index >= 15 is 0 Å². The summed E-state index contributed by atoms with van der Waals surface area (Å²) in [4.78, 5) is 23.0. The molecule has 0 radical (unpaired) electrons. The summed E-state index contributed by atoms with van der Waals surface area (Å²) < 4.78 is 9.50. The van der Waals surface area contributed by atoms with Crippen LogP contribution >= 0.6 is 0 Å². The molecule has 0 aromatic carbocycles. The fourth-order valence-electron chi connectivity index (χ4n) is 1.43. The standard InChI is InChI=1S/C12H24N2O4/c1-8(12(16)18-5)9(2)14-10(3)11(15)13-6-7-17-4/h8-10,14H,6-7H2,1-5H3,(H,13,15). The van der Waals surface area contributed by atoms with Crippen molar-refractivity contribution in [3.05, 3.63) is 0 Å². The summed E-state index contributed by atoms with van der Waals surface area (Å²) in [5.74, 6) is -0.706. The SMILES string of the molecule is COCCNC(=O)C(C)NC(C)C(C)C(=O)OC. The zero-order valence-electron chi connectivity index (χ0n) is 11.8. The third-order valence-electron chi connectivity index (χ3n) is 2.83. The van der Waals surface area contributed by atoms with E-state index in [1.807, 2.05) is 6.92 Å². The van der Waals surface area contributed by atoms with Crippen LogP contribution < -0.4 is 10.6 Å². The van der Waals surface area contributed by atoms with Gasteiger partial charge in [0.05, 0.1) is 25.7 Å². The van der Waals surface area contributed by atoms with Crippen molar-refractivity contribution >= 4 is 11.9 Å². The predicted octanol–water partition coefficient (Wildman–Crippen LogP) is -0.0753. The molecule has 0 bridgehead atoms. The van der Waals surface area contributed by atoms with E-state index in [1.165, 1.54) is 7.11 Å². The van der Waals surface area contributed by atoms with E-state index in [0.717, 1.165) is 0 Å². The number of amides is 1. The molecule has 0 aliphatic carbocycles. The monoisotopic (exact) mass is 260 g/mol. The van der Waals surface area contributed by atoms with Crippen molar-refractivity contribution in [1.29, 1.82) is 0 Å². The van der Waals surface area contributed by atoms with Gasteiger partial charge < -0.3 is 20.1 Å². The highest BCUT2D eigenvalue weighted by Gasteiger charge is 2.24. The maximum Gasteiger partial charge on any atom is 0.309 e. The van der Waals surface area contributed by atoms with Gasteiger partial charge in [-0.15, -0.1) is 0 Å². The van der Waals surface area contributed by atoms with Crippen LogP contribution in [0.3, 0.4) is 0 Å².